The maximum Gasteiger partial charge on any atom is 0.337 e. The lowest BCUT2D eigenvalue weighted by molar-refractivity contribution is -0.141. The SMILES string of the molecule is COC(=O)c1ccc(NC(=O)[C@@H]2[C@H](c3ccccc3)CCN2C(=O)C2CCC(C(C)N)CC2)c(C)c1. The van der Waals surface area contributed by atoms with Gasteiger partial charge >= 0.3 is 5.97 Å². The molecule has 3 N–H and O–H groups in total. The molecule has 1 unspecified atom stereocenters. The molecule has 0 bridgehead atoms. The third-order valence-corrected chi connectivity index (χ3v) is 7.95. The molecule has 0 radical (unpaired) electrons. The van der Waals surface area contributed by atoms with Gasteiger partial charge in [0.25, 0.3) is 0 Å². The van der Waals surface area contributed by atoms with Crippen molar-refractivity contribution in [3.05, 3.63) is 65.2 Å². The second-order valence-electron chi connectivity index (χ2n) is 10.3. The number of hydrogen-bond donors (Lipinski definition) is 2. The Morgan fingerprint density at radius 1 is 1.03 bits per heavy atom. The number of carbonyl (C=O) groups excluding carboxylic acids is 3. The summed E-state index contributed by atoms with van der Waals surface area (Å²) in [6.07, 6.45) is 4.28. The van der Waals surface area contributed by atoms with Gasteiger partial charge in [0.05, 0.1) is 12.7 Å². The lowest BCUT2D eigenvalue weighted by atomic mass is 9.78. The molecule has 1 heterocycles. The second-order valence-corrected chi connectivity index (χ2v) is 10.3. The van der Waals surface area contributed by atoms with Gasteiger partial charge in [0.2, 0.25) is 11.8 Å². The predicted octanol–water partition coefficient (Wildman–Crippen LogP) is 4.26. The molecule has 2 aromatic rings. The average Bonchev–Trinajstić information content (AvgIpc) is 3.35. The van der Waals surface area contributed by atoms with E-state index in [0.717, 1.165) is 43.2 Å². The van der Waals surface area contributed by atoms with Crippen LogP contribution in [0.25, 0.3) is 0 Å². The number of likely N-dealkylation sites (tertiary alicyclic amines) is 1. The van der Waals surface area contributed by atoms with Gasteiger partial charge in [-0.25, -0.2) is 4.79 Å². The van der Waals surface area contributed by atoms with Gasteiger partial charge in [-0.15, -0.1) is 0 Å². The third-order valence-electron chi connectivity index (χ3n) is 7.95. The molecule has 0 spiro atoms. The van der Waals surface area contributed by atoms with Crippen molar-refractivity contribution >= 4 is 23.5 Å². The Kier molecular flexibility index (Phi) is 8.09. The number of aryl methyl sites for hydroxylation is 1. The number of carbonyl (C=O) groups is 3. The second kappa shape index (κ2) is 11.2. The summed E-state index contributed by atoms with van der Waals surface area (Å²) >= 11 is 0. The van der Waals surface area contributed by atoms with Crippen LogP contribution in [-0.4, -0.2) is 48.4 Å². The molecular formula is C29H37N3O4. The summed E-state index contributed by atoms with van der Waals surface area (Å²) in [4.78, 5) is 41.1. The number of anilines is 1. The van der Waals surface area contributed by atoms with Crippen molar-refractivity contribution in [3.8, 4) is 0 Å². The van der Waals surface area contributed by atoms with Gasteiger partial charge in [-0.05, 0) is 81.2 Å². The number of nitrogens with one attached hydrogen (secondary N) is 1. The van der Waals surface area contributed by atoms with E-state index in [1.54, 1.807) is 18.2 Å². The minimum absolute atomic E-state index is 0.0640. The third kappa shape index (κ3) is 5.46. The lowest BCUT2D eigenvalue weighted by Gasteiger charge is -2.34. The predicted molar refractivity (Wildman–Crippen MR) is 140 cm³/mol. The molecule has 3 atom stereocenters. The van der Waals surface area contributed by atoms with Crippen molar-refractivity contribution in [3.63, 3.8) is 0 Å². The number of hydrogen-bond acceptors (Lipinski definition) is 5. The lowest BCUT2D eigenvalue weighted by Crippen LogP contribution is -2.48. The highest BCUT2D eigenvalue weighted by Crippen LogP contribution is 2.38. The van der Waals surface area contributed by atoms with Crippen LogP contribution in [0.15, 0.2) is 48.5 Å². The summed E-state index contributed by atoms with van der Waals surface area (Å²) < 4.78 is 4.80. The zero-order chi connectivity index (χ0) is 25.8. The maximum atomic E-state index is 13.8. The van der Waals surface area contributed by atoms with Crippen molar-refractivity contribution in [2.45, 2.75) is 64.0 Å². The minimum atomic E-state index is -0.592. The number of ether oxygens (including phenoxy) is 1. The van der Waals surface area contributed by atoms with Crippen LogP contribution >= 0.6 is 0 Å². The monoisotopic (exact) mass is 491 g/mol. The summed E-state index contributed by atoms with van der Waals surface area (Å²) in [6.45, 7) is 4.44. The van der Waals surface area contributed by atoms with Crippen molar-refractivity contribution in [2.75, 3.05) is 19.0 Å². The van der Waals surface area contributed by atoms with E-state index in [1.165, 1.54) is 7.11 Å². The summed E-state index contributed by atoms with van der Waals surface area (Å²) in [5.74, 6) is -0.232. The first-order valence-electron chi connectivity index (χ1n) is 12.9. The Labute approximate surface area is 213 Å². The topological polar surface area (TPSA) is 102 Å². The smallest absolute Gasteiger partial charge is 0.337 e. The first-order valence-corrected chi connectivity index (χ1v) is 12.9. The molecule has 7 nitrogen and oxygen atoms in total. The molecule has 2 fully saturated rings. The standard InChI is InChI=1S/C29H37N3O4/c1-18-17-23(29(35)36-3)13-14-25(18)31-27(33)26-24(21-7-5-4-6-8-21)15-16-32(26)28(34)22-11-9-20(10-12-22)19(2)30/h4-8,13-14,17,19-20,22,24,26H,9-12,15-16,30H2,1-3H3,(H,31,33)/t19?,20?,22?,24-,26-/m0/s1. The van der Waals surface area contributed by atoms with Gasteiger partial charge in [-0.3, -0.25) is 9.59 Å². The highest BCUT2D eigenvalue weighted by atomic mass is 16.5. The molecular weight excluding hydrogens is 454 g/mol. The summed E-state index contributed by atoms with van der Waals surface area (Å²) in [6, 6.07) is 14.6. The quantitative estimate of drug-likeness (QED) is 0.588. The van der Waals surface area contributed by atoms with E-state index in [-0.39, 0.29) is 29.7 Å². The van der Waals surface area contributed by atoms with Crippen LogP contribution in [0.1, 0.15) is 66.4 Å². The van der Waals surface area contributed by atoms with Gasteiger partial charge < -0.3 is 20.7 Å². The van der Waals surface area contributed by atoms with Crippen molar-refractivity contribution in [2.24, 2.45) is 17.6 Å². The summed E-state index contributed by atoms with van der Waals surface area (Å²) in [7, 11) is 1.34. The maximum absolute atomic E-state index is 13.8. The molecule has 2 aromatic carbocycles. The van der Waals surface area contributed by atoms with Crippen LogP contribution in [0.4, 0.5) is 5.69 Å². The van der Waals surface area contributed by atoms with Crippen molar-refractivity contribution in [1.29, 1.82) is 0 Å². The van der Waals surface area contributed by atoms with Crippen LogP contribution in [-0.2, 0) is 14.3 Å². The summed E-state index contributed by atoms with van der Waals surface area (Å²) in [5, 5.41) is 3.04. The molecule has 2 amide bonds. The number of methoxy groups -OCH3 is 1. The van der Waals surface area contributed by atoms with Gasteiger partial charge in [0.15, 0.2) is 0 Å². The number of esters is 1. The van der Waals surface area contributed by atoms with E-state index in [2.05, 4.69) is 5.32 Å². The van der Waals surface area contributed by atoms with E-state index in [1.807, 2.05) is 49.1 Å². The summed E-state index contributed by atoms with van der Waals surface area (Å²) in [5.41, 5.74) is 8.97. The molecule has 36 heavy (non-hydrogen) atoms. The Hall–Kier alpha value is -3.19. The molecule has 1 aliphatic carbocycles. The zero-order valence-electron chi connectivity index (χ0n) is 21.4. The van der Waals surface area contributed by atoms with E-state index in [9.17, 15) is 14.4 Å². The fourth-order valence-corrected chi connectivity index (χ4v) is 5.79. The minimum Gasteiger partial charge on any atom is -0.465 e. The van der Waals surface area contributed by atoms with E-state index >= 15 is 0 Å². The normalized spacial score (nSPS) is 24.7. The fourth-order valence-electron chi connectivity index (χ4n) is 5.79. The van der Waals surface area contributed by atoms with Gasteiger partial charge in [0.1, 0.15) is 6.04 Å². The van der Waals surface area contributed by atoms with Gasteiger partial charge in [-0.2, -0.15) is 0 Å². The molecule has 2 aliphatic rings. The number of nitrogens with zero attached hydrogens (tertiary/aromatic N) is 1. The molecule has 7 heteroatoms. The molecule has 1 saturated carbocycles. The Balaban J connectivity index is 1.56. The van der Waals surface area contributed by atoms with E-state index in [4.69, 9.17) is 10.5 Å². The largest absolute Gasteiger partial charge is 0.465 e. The van der Waals surface area contributed by atoms with Crippen LogP contribution in [0, 0.1) is 18.8 Å². The highest BCUT2D eigenvalue weighted by molar-refractivity contribution is 5.99. The van der Waals surface area contributed by atoms with Crippen LogP contribution < -0.4 is 11.1 Å². The number of rotatable bonds is 6. The Morgan fingerprint density at radius 3 is 2.33 bits per heavy atom. The van der Waals surface area contributed by atoms with Gasteiger partial charge in [-0.1, -0.05) is 30.3 Å². The molecule has 1 aliphatic heterocycles. The van der Waals surface area contributed by atoms with E-state index in [0.29, 0.717) is 23.7 Å². The Morgan fingerprint density at radius 2 is 1.72 bits per heavy atom. The van der Waals surface area contributed by atoms with Crippen molar-refractivity contribution < 1.29 is 19.1 Å². The van der Waals surface area contributed by atoms with Crippen LogP contribution in [0.2, 0.25) is 0 Å². The van der Waals surface area contributed by atoms with Crippen molar-refractivity contribution in [1.82, 2.24) is 4.90 Å². The molecule has 192 valence electrons. The van der Waals surface area contributed by atoms with Crippen LogP contribution in [0.3, 0.4) is 0 Å². The molecule has 4 rings (SSSR count). The number of amides is 2. The molecule has 0 aromatic heterocycles. The first-order chi connectivity index (χ1) is 17.3. The zero-order valence-corrected chi connectivity index (χ0v) is 21.4. The highest BCUT2D eigenvalue weighted by Gasteiger charge is 2.44. The number of benzene rings is 2. The molecule has 1 saturated heterocycles. The Bertz CT molecular complexity index is 1090. The van der Waals surface area contributed by atoms with Crippen LogP contribution in [0.5, 0.6) is 0 Å². The average molecular weight is 492 g/mol. The fraction of sp³-hybridized carbons (Fsp3) is 0.483. The van der Waals surface area contributed by atoms with E-state index < -0.39 is 12.0 Å². The number of nitrogens with two attached hydrogens (primary N) is 1. The first kappa shape index (κ1) is 25.9. The van der Waals surface area contributed by atoms with Gasteiger partial charge in [0, 0.05) is 30.1 Å².